The summed E-state index contributed by atoms with van der Waals surface area (Å²) in [7, 11) is 0. The normalized spacial score (nSPS) is 20.4. The van der Waals surface area contributed by atoms with Crippen molar-refractivity contribution in [3.63, 3.8) is 0 Å². The smallest absolute Gasteiger partial charge is 0.324 e. The molecule has 2 saturated heterocycles. The van der Waals surface area contributed by atoms with Gasteiger partial charge in [0.15, 0.2) is 0 Å². The molecule has 138 valence electrons. The molecule has 5 amide bonds. The van der Waals surface area contributed by atoms with E-state index < -0.39 is 0 Å². The molecular weight excluding hydrogens is 332 g/mol. The summed E-state index contributed by atoms with van der Waals surface area (Å²) in [6.45, 7) is 5.82. The molecule has 1 aromatic carbocycles. The number of carbonyl (C=O) groups is 3. The van der Waals surface area contributed by atoms with Gasteiger partial charge in [-0.1, -0.05) is 6.07 Å². The molecule has 1 saturated carbocycles. The first-order valence-corrected chi connectivity index (χ1v) is 9.21. The fourth-order valence-corrected chi connectivity index (χ4v) is 3.84. The van der Waals surface area contributed by atoms with E-state index in [0.717, 1.165) is 30.3 Å². The molecule has 7 heteroatoms. The second kappa shape index (κ2) is 6.30. The molecule has 1 aromatic rings. The van der Waals surface area contributed by atoms with Gasteiger partial charge >= 0.3 is 12.1 Å². The van der Waals surface area contributed by atoms with Gasteiger partial charge in [0.2, 0.25) is 5.91 Å². The Morgan fingerprint density at radius 2 is 1.85 bits per heavy atom. The summed E-state index contributed by atoms with van der Waals surface area (Å²) in [6.07, 6.45) is 2.62. The Hall–Kier alpha value is -2.57. The molecular formula is C19H24N4O3. The molecule has 0 aromatic heterocycles. The van der Waals surface area contributed by atoms with Crippen LogP contribution in [-0.4, -0.2) is 53.9 Å². The van der Waals surface area contributed by atoms with Crippen LogP contribution in [0.15, 0.2) is 18.2 Å². The van der Waals surface area contributed by atoms with Crippen molar-refractivity contribution in [2.24, 2.45) is 11.8 Å². The van der Waals surface area contributed by atoms with Gasteiger partial charge in [-0.25, -0.2) is 9.59 Å². The average molecular weight is 356 g/mol. The summed E-state index contributed by atoms with van der Waals surface area (Å²) in [5, 5.41) is 2.97. The van der Waals surface area contributed by atoms with Crippen LogP contribution in [0.1, 0.15) is 25.3 Å². The zero-order valence-electron chi connectivity index (χ0n) is 15.2. The van der Waals surface area contributed by atoms with E-state index in [9.17, 15) is 14.4 Å². The van der Waals surface area contributed by atoms with Crippen LogP contribution in [0.4, 0.5) is 21.0 Å². The van der Waals surface area contributed by atoms with Crippen LogP contribution in [0.3, 0.4) is 0 Å². The first-order chi connectivity index (χ1) is 12.5. The maximum Gasteiger partial charge on any atom is 0.331 e. The Balaban J connectivity index is 1.45. The third kappa shape index (κ3) is 2.91. The number of urea groups is 2. The number of likely N-dealkylation sites (tertiary alicyclic amines) is 1. The Kier molecular flexibility index (Phi) is 4.09. The van der Waals surface area contributed by atoms with Crippen molar-refractivity contribution in [3.8, 4) is 0 Å². The molecule has 0 unspecified atom stereocenters. The van der Waals surface area contributed by atoms with Gasteiger partial charge in [-0.2, -0.15) is 0 Å². The summed E-state index contributed by atoms with van der Waals surface area (Å²) in [5.41, 5.74) is 2.27. The van der Waals surface area contributed by atoms with Crippen LogP contribution in [0, 0.1) is 18.8 Å². The second-order valence-corrected chi connectivity index (χ2v) is 7.49. The van der Waals surface area contributed by atoms with E-state index in [4.69, 9.17) is 0 Å². The van der Waals surface area contributed by atoms with Gasteiger partial charge in [0.1, 0.15) is 0 Å². The van der Waals surface area contributed by atoms with Crippen molar-refractivity contribution in [3.05, 3.63) is 23.8 Å². The summed E-state index contributed by atoms with van der Waals surface area (Å²) in [5.74, 6) is 1.25. The Labute approximate surface area is 152 Å². The number of rotatable bonds is 3. The van der Waals surface area contributed by atoms with Gasteiger partial charge in [-0.05, 0) is 49.3 Å². The van der Waals surface area contributed by atoms with E-state index in [1.54, 1.807) is 4.90 Å². The Morgan fingerprint density at radius 3 is 2.46 bits per heavy atom. The molecule has 0 radical (unpaired) electrons. The fraction of sp³-hybridized carbons (Fsp3) is 0.526. The average Bonchev–Trinajstić information content (AvgIpc) is 3.30. The summed E-state index contributed by atoms with van der Waals surface area (Å²) in [6, 6.07) is 5.13. The molecule has 2 heterocycles. The van der Waals surface area contributed by atoms with Gasteiger partial charge in [0.05, 0.1) is 5.69 Å². The van der Waals surface area contributed by atoms with E-state index in [1.807, 2.05) is 30.0 Å². The number of nitrogens with one attached hydrogen (secondary N) is 1. The highest BCUT2D eigenvalue weighted by molar-refractivity contribution is 6.05. The summed E-state index contributed by atoms with van der Waals surface area (Å²) in [4.78, 5) is 41.1. The lowest BCUT2D eigenvalue weighted by Crippen LogP contribution is -2.52. The number of amides is 5. The predicted octanol–water partition coefficient (Wildman–Crippen LogP) is 2.66. The largest absolute Gasteiger partial charge is 0.331 e. The fourth-order valence-electron chi connectivity index (χ4n) is 3.84. The lowest BCUT2D eigenvalue weighted by Gasteiger charge is -2.39. The Bertz CT molecular complexity index is 768. The molecule has 2 aliphatic heterocycles. The molecule has 1 N–H and O–H groups in total. The first kappa shape index (κ1) is 16.9. The number of imide groups is 1. The number of benzene rings is 1. The molecule has 0 bridgehead atoms. The molecule has 26 heavy (non-hydrogen) atoms. The van der Waals surface area contributed by atoms with Crippen molar-refractivity contribution in [2.45, 2.75) is 26.7 Å². The van der Waals surface area contributed by atoms with E-state index in [-0.39, 0.29) is 18.0 Å². The quantitative estimate of drug-likeness (QED) is 0.905. The molecule has 1 aliphatic carbocycles. The predicted molar refractivity (Wildman–Crippen MR) is 98.1 cm³/mol. The number of anilines is 2. The summed E-state index contributed by atoms with van der Waals surface area (Å²) < 4.78 is 0. The highest BCUT2D eigenvalue weighted by Crippen LogP contribution is 2.41. The van der Waals surface area contributed by atoms with Crippen LogP contribution >= 0.6 is 0 Å². The number of nitrogens with zero attached hydrogens (tertiary/aromatic N) is 3. The zero-order valence-corrected chi connectivity index (χ0v) is 15.2. The van der Waals surface area contributed by atoms with Crippen LogP contribution in [0.25, 0.3) is 0 Å². The third-order valence-electron chi connectivity index (χ3n) is 5.71. The highest BCUT2D eigenvalue weighted by Gasteiger charge is 2.41. The maximum atomic E-state index is 12.5. The monoisotopic (exact) mass is 356 g/mol. The minimum atomic E-state index is -0.306. The summed E-state index contributed by atoms with van der Waals surface area (Å²) >= 11 is 0. The molecule has 0 spiro atoms. The van der Waals surface area contributed by atoms with Crippen molar-refractivity contribution >= 4 is 29.3 Å². The minimum absolute atomic E-state index is 0.0831. The van der Waals surface area contributed by atoms with Crippen molar-refractivity contribution in [1.29, 1.82) is 0 Å². The standard InChI is InChI=1S/C19H24N4O3/c1-12-16(20-18(25)21-10-15(11-21)14-6-7-14)4-3-5-17(12)23-9-8-22(13(2)24)19(23)26/h3-5,14-15H,6-11H2,1-2H3,(H,20,25). The van der Waals surface area contributed by atoms with Gasteiger partial charge in [-0.3, -0.25) is 14.6 Å². The highest BCUT2D eigenvalue weighted by atomic mass is 16.2. The number of carbonyl (C=O) groups excluding carboxylic acids is 3. The third-order valence-corrected chi connectivity index (χ3v) is 5.71. The van der Waals surface area contributed by atoms with Gasteiger partial charge in [0.25, 0.3) is 0 Å². The molecule has 0 atom stereocenters. The van der Waals surface area contributed by atoms with E-state index >= 15 is 0 Å². The lowest BCUT2D eigenvalue weighted by atomic mass is 9.95. The molecule has 3 aliphatic rings. The van der Waals surface area contributed by atoms with Crippen molar-refractivity contribution in [2.75, 3.05) is 36.4 Å². The van der Waals surface area contributed by atoms with Gasteiger partial charge in [-0.15, -0.1) is 0 Å². The zero-order chi connectivity index (χ0) is 18.4. The van der Waals surface area contributed by atoms with E-state index in [0.29, 0.717) is 24.7 Å². The van der Waals surface area contributed by atoms with Gasteiger partial charge < -0.3 is 10.2 Å². The number of hydrogen-bond donors (Lipinski definition) is 1. The molecule has 4 rings (SSSR count). The second-order valence-electron chi connectivity index (χ2n) is 7.49. The SMILES string of the molecule is CC(=O)N1CCN(c2cccc(NC(=O)N3CC(C4CC4)C3)c2C)C1=O. The van der Waals surface area contributed by atoms with Crippen LogP contribution < -0.4 is 10.2 Å². The topological polar surface area (TPSA) is 73.0 Å². The van der Waals surface area contributed by atoms with Crippen molar-refractivity contribution in [1.82, 2.24) is 9.80 Å². The van der Waals surface area contributed by atoms with Crippen LogP contribution in [-0.2, 0) is 4.79 Å². The van der Waals surface area contributed by atoms with E-state index in [1.165, 1.54) is 24.7 Å². The van der Waals surface area contributed by atoms with E-state index in [2.05, 4.69) is 5.32 Å². The minimum Gasteiger partial charge on any atom is -0.324 e. The van der Waals surface area contributed by atoms with Crippen LogP contribution in [0.5, 0.6) is 0 Å². The van der Waals surface area contributed by atoms with Crippen LogP contribution in [0.2, 0.25) is 0 Å². The molecule has 7 nitrogen and oxygen atoms in total. The van der Waals surface area contributed by atoms with Gasteiger partial charge in [0, 0.05) is 38.8 Å². The van der Waals surface area contributed by atoms with Crippen molar-refractivity contribution < 1.29 is 14.4 Å². The number of hydrogen-bond acceptors (Lipinski definition) is 3. The molecule has 3 fully saturated rings. The Morgan fingerprint density at radius 1 is 1.12 bits per heavy atom. The maximum absolute atomic E-state index is 12.5. The lowest BCUT2D eigenvalue weighted by molar-refractivity contribution is -0.125. The first-order valence-electron chi connectivity index (χ1n) is 9.21.